The lowest BCUT2D eigenvalue weighted by Crippen LogP contribution is -2.70. The fourth-order valence-corrected chi connectivity index (χ4v) is 7.64. The molecular formula is C46H81N3O8. The molecular weight excluding hydrogens is 723 g/mol. The smallest absolute Gasteiger partial charge is 0.408 e. The third kappa shape index (κ3) is 21.2. The van der Waals surface area contributed by atoms with Crippen molar-refractivity contribution >= 4 is 17.9 Å². The Kier molecular flexibility index (Phi) is 27.6. The van der Waals surface area contributed by atoms with Crippen LogP contribution in [0.1, 0.15) is 181 Å². The second-order valence-corrected chi connectivity index (χ2v) is 16.7. The van der Waals surface area contributed by atoms with Gasteiger partial charge in [0.25, 0.3) is 0 Å². The molecule has 0 unspecified atom stereocenters. The minimum Gasteiger partial charge on any atom is -0.445 e. The van der Waals surface area contributed by atoms with E-state index in [0.717, 1.165) is 44.1 Å². The van der Waals surface area contributed by atoms with E-state index in [1.54, 1.807) is 4.90 Å². The van der Waals surface area contributed by atoms with E-state index in [-0.39, 0.29) is 24.9 Å². The molecule has 6 atom stereocenters. The van der Waals surface area contributed by atoms with Crippen molar-refractivity contribution in [3.05, 3.63) is 35.9 Å². The van der Waals surface area contributed by atoms with Crippen LogP contribution in [0.2, 0.25) is 0 Å². The molecule has 57 heavy (non-hydrogen) atoms. The van der Waals surface area contributed by atoms with Gasteiger partial charge in [0, 0.05) is 13.0 Å². The van der Waals surface area contributed by atoms with Crippen molar-refractivity contribution in [3.8, 4) is 0 Å². The van der Waals surface area contributed by atoms with E-state index in [4.69, 9.17) is 9.47 Å². The number of ether oxygens (including phenoxy) is 2. The highest BCUT2D eigenvalue weighted by atomic mass is 16.6. The van der Waals surface area contributed by atoms with Crippen LogP contribution in [0.25, 0.3) is 0 Å². The minimum absolute atomic E-state index is 0.0167. The second-order valence-electron chi connectivity index (χ2n) is 16.7. The maximum absolute atomic E-state index is 14.1. The van der Waals surface area contributed by atoms with Crippen LogP contribution in [-0.4, -0.2) is 87.9 Å². The molecule has 0 saturated carbocycles. The summed E-state index contributed by atoms with van der Waals surface area (Å²) in [6.07, 6.45) is 18.6. The van der Waals surface area contributed by atoms with Gasteiger partial charge < -0.3 is 40.3 Å². The molecule has 1 aromatic rings. The number of hydrogen-bond donors (Lipinski definition) is 5. The lowest BCUT2D eigenvalue weighted by Gasteiger charge is -2.47. The van der Waals surface area contributed by atoms with Crippen molar-refractivity contribution in [1.82, 2.24) is 15.5 Å². The molecule has 11 nitrogen and oxygen atoms in total. The van der Waals surface area contributed by atoms with Crippen molar-refractivity contribution in [1.29, 1.82) is 0 Å². The molecule has 1 aliphatic heterocycles. The Morgan fingerprint density at radius 3 is 1.75 bits per heavy atom. The molecule has 1 aliphatic rings. The molecule has 0 radical (unpaired) electrons. The molecule has 11 heteroatoms. The predicted molar refractivity (Wildman–Crippen MR) is 227 cm³/mol. The van der Waals surface area contributed by atoms with Crippen molar-refractivity contribution in [2.75, 3.05) is 13.2 Å². The zero-order valence-corrected chi connectivity index (χ0v) is 36.1. The zero-order chi connectivity index (χ0) is 41.7. The Morgan fingerprint density at radius 1 is 0.737 bits per heavy atom. The maximum Gasteiger partial charge on any atom is 0.408 e. The van der Waals surface area contributed by atoms with Crippen molar-refractivity contribution in [2.45, 2.75) is 219 Å². The summed E-state index contributed by atoms with van der Waals surface area (Å²) in [5.74, 6) is -0.723. The van der Waals surface area contributed by atoms with Gasteiger partial charge in [-0.1, -0.05) is 180 Å². The minimum atomic E-state index is -1.54. The summed E-state index contributed by atoms with van der Waals surface area (Å²) in [6.45, 7) is 8.12. The first-order valence-electron chi connectivity index (χ1n) is 22.8. The number of alkyl carbamates (subject to hydrolysis) is 1. The van der Waals surface area contributed by atoms with Crippen LogP contribution < -0.4 is 10.6 Å². The summed E-state index contributed by atoms with van der Waals surface area (Å²) in [6, 6.07) is 7.00. The third-order valence-corrected chi connectivity index (χ3v) is 11.1. The van der Waals surface area contributed by atoms with Crippen LogP contribution in [0.3, 0.4) is 0 Å². The molecule has 328 valence electrons. The molecule has 1 aromatic carbocycles. The molecule has 3 amide bonds. The van der Waals surface area contributed by atoms with Gasteiger partial charge in [0.2, 0.25) is 11.8 Å². The number of nitrogens with one attached hydrogen (secondary N) is 2. The summed E-state index contributed by atoms with van der Waals surface area (Å²) in [7, 11) is 0. The van der Waals surface area contributed by atoms with Crippen molar-refractivity contribution in [2.24, 2.45) is 5.92 Å². The van der Waals surface area contributed by atoms with Crippen LogP contribution >= 0.6 is 0 Å². The number of benzene rings is 1. The highest BCUT2D eigenvalue weighted by molar-refractivity contribution is 5.86. The number of aliphatic hydroxyl groups excluding tert-OH is 3. The molecule has 0 bridgehead atoms. The van der Waals surface area contributed by atoms with Crippen LogP contribution in [-0.2, 0) is 25.7 Å². The molecule has 0 spiro atoms. The normalized spacial score (nSPS) is 20.0. The Balaban J connectivity index is 2.14. The number of unbranched alkanes of at least 4 members (excludes halogenated alkanes) is 19. The summed E-state index contributed by atoms with van der Waals surface area (Å²) in [5.41, 5.74) is 0.801. The highest BCUT2D eigenvalue weighted by Gasteiger charge is 2.48. The number of hydrogen-bond acceptors (Lipinski definition) is 8. The van der Waals surface area contributed by atoms with E-state index in [1.807, 2.05) is 44.2 Å². The van der Waals surface area contributed by atoms with E-state index in [0.29, 0.717) is 25.8 Å². The molecule has 2 rings (SSSR count). The van der Waals surface area contributed by atoms with E-state index in [2.05, 4.69) is 24.5 Å². The van der Waals surface area contributed by atoms with Gasteiger partial charge in [-0.25, -0.2) is 4.79 Å². The van der Waals surface area contributed by atoms with Gasteiger partial charge in [0.15, 0.2) is 6.23 Å². The summed E-state index contributed by atoms with van der Waals surface area (Å²) in [4.78, 5) is 42.5. The average molecular weight is 804 g/mol. The van der Waals surface area contributed by atoms with Gasteiger partial charge in [0.05, 0.1) is 6.61 Å². The SMILES string of the molecule is CCCCCCCCCCCCCCN(C(=O)CCCCCCCCCCC)[C@@H]1O[C@H](CO)[C@H](O)[C@H](O)[C@H]1NC(=O)[C@H](CC(C)C)NC(=O)OCc1ccccc1. The average Bonchev–Trinajstić information content (AvgIpc) is 3.20. The van der Waals surface area contributed by atoms with E-state index in [9.17, 15) is 29.7 Å². The Morgan fingerprint density at radius 2 is 1.25 bits per heavy atom. The van der Waals surface area contributed by atoms with Gasteiger partial charge in [-0.3, -0.25) is 9.59 Å². The van der Waals surface area contributed by atoms with Crippen molar-refractivity contribution < 1.29 is 39.2 Å². The first-order chi connectivity index (χ1) is 27.6. The van der Waals surface area contributed by atoms with Crippen LogP contribution in [0.15, 0.2) is 30.3 Å². The summed E-state index contributed by atoms with van der Waals surface area (Å²) in [5, 5.41) is 38.1. The van der Waals surface area contributed by atoms with Gasteiger partial charge >= 0.3 is 6.09 Å². The van der Waals surface area contributed by atoms with E-state index in [1.165, 1.54) is 83.5 Å². The van der Waals surface area contributed by atoms with Gasteiger partial charge in [-0.15, -0.1) is 0 Å². The maximum atomic E-state index is 14.1. The Labute approximate surface area is 345 Å². The van der Waals surface area contributed by atoms with Gasteiger partial charge in [-0.05, 0) is 30.7 Å². The monoisotopic (exact) mass is 804 g/mol. The summed E-state index contributed by atoms with van der Waals surface area (Å²) >= 11 is 0. The zero-order valence-electron chi connectivity index (χ0n) is 36.1. The molecule has 0 aromatic heterocycles. The number of aliphatic hydroxyl groups is 3. The first kappa shape index (κ1) is 50.4. The van der Waals surface area contributed by atoms with Crippen molar-refractivity contribution in [3.63, 3.8) is 0 Å². The fraction of sp³-hybridized carbons (Fsp3) is 0.804. The lowest BCUT2D eigenvalue weighted by molar-refractivity contribution is -0.231. The van der Waals surface area contributed by atoms with E-state index < -0.39 is 55.2 Å². The molecule has 5 N–H and O–H groups in total. The number of carbonyl (C=O) groups is 3. The van der Waals surface area contributed by atoms with Crippen LogP contribution in [0.4, 0.5) is 4.79 Å². The van der Waals surface area contributed by atoms with Gasteiger partial charge in [-0.2, -0.15) is 0 Å². The van der Waals surface area contributed by atoms with Crippen LogP contribution in [0, 0.1) is 5.92 Å². The first-order valence-corrected chi connectivity index (χ1v) is 22.8. The molecule has 1 saturated heterocycles. The number of carbonyl (C=O) groups excluding carboxylic acids is 3. The molecule has 1 heterocycles. The fourth-order valence-electron chi connectivity index (χ4n) is 7.64. The summed E-state index contributed by atoms with van der Waals surface area (Å²) < 4.78 is 11.6. The lowest BCUT2D eigenvalue weighted by atomic mass is 9.94. The number of amides is 3. The number of nitrogens with zero attached hydrogens (tertiary/aromatic N) is 1. The quantitative estimate of drug-likeness (QED) is 0.0453. The molecule has 0 aliphatic carbocycles. The topological polar surface area (TPSA) is 158 Å². The van der Waals surface area contributed by atoms with Crippen LogP contribution in [0.5, 0.6) is 0 Å². The highest BCUT2D eigenvalue weighted by Crippen LogP contribution is 2.26. The molecule has 1 fully saturated rings. The number of rotatable bonds is 32. The third-order valence-electron chi connectivity index (χ3n) is 11.1. The van der Waals surface area contributed by atoms with Gasteiger partial charge in [0.1, 0.15) is 37.0 Å². The predicted octanol–water partition coefficient (Wildman–Crippen LogP) is 8.70. The largest absolute Gasteiger partial charge is 0.445 e. The second kappa shape index (κ2) is 31.2. The standard InChI is InChI=1S/C46H81N3O8/c1-5-7-9-11-13-15-16-17-19-21-23-28-32-49(40(51)31-27-22-20-18-14-12-10-8-6-2)45-41(43(53)42(52)39(34-50)57-45)48-44(54)38(33-36(3)4)47-46(55)56-35-37-29-25-24-26-30-37/h24-26,29-30,36,38-39,41-43,45,50,52-53H,5-23,27-28,31-35H2,1-4H3,(H,47,55)(H,48,54)/t38-,39+,41+,42-,43+,45+/m0/s1. The van der Waals surface area contributed by atoms with E-state index >= 15 is 0 Å². The Bertz CT molecular complexity index is 1190. The Hall–Kier alpha value is -2.73.